The Morgan fingerprint density at radius 1 is 0.839 bits per heavy atom. The molecule has 0 saturated heterocycles. The van der Waals surface area contributed by atoms with Crippen molar-refractivity contribution in [2.75, 3.05) is 13.7 Å². The molecule has 31 heavy (non-hydrogen) atoms. The zero-order chi connectivity index (χ0) is 21.2. The maximum absolute atomic E-state index is 13.2. The molecule has 3 atom stereocenters. The standard InChI is InChI=1S/C28H24O3/c1-30-28(29)26-22(19-11-5-2-6-12-19)17-23-24(25(26)20-13-7-3-8-14-20)18-31-27(23)21-15-9-4-10-16-21/h2-17,24-26H,18H2,1H3/t24-,25+,26-/m0/s1. The van der Waals surface area contributed by atoms with Gasteiger partial charge in [0.25, 0.3) is 0 Å². The maximum atomic E-state index is 13.2. The van der Waals surface area contributed by atoms with Gasteiger partial charge in [0.05, 0.1) is 19.6 Å². The van der Waals surface area contributed by atoms with Gasteiger partial charge in [0, 0.05) is 23.0 Å². The van der Waals surface area contributed by atoms with Gasteiger partial charge in [-0.15, -0.1) is 0 Å². The predicted octanol–water partition coefficient (Wildman–Crippen LogP) is 5.71. The smallest absolute Gasteiger partial charge is 0.313 e. The van der Waals surface area contributed by atoms with E-state index in [-0.39, 0.29) is 17.8 Å². The first-order chi connectivity index (χ1) is 15.3. The SMILES string of the molecule is COC(=O)[C@H]1C(c2ccccc2)=CC2=C(c3ccccc3)OC[C@@H]2[C@H]1c1ccccc1. The van der Waals surface area contributed by atoms with Crippen molar-refractivity contribution in [3.8, 4) is 0 Å². The van der Waals surface area contributed by atoms with E-state index in [2.05, 4.69) is 42.5 Å². The molecule has 154 valence electrons. The van der Waals surface area contributed by atoms with E-state index in [4.69, 9.17) is 9.47 Å². The van der Waals surface area contributed by atoms with E-state index in [1.165, 1.54) is 7.11 Å². The summed E-state index contributed by atoms with van der Waals surface area (Å²) < 4.78 is 11.6. The lowest BCUT2D eigenvalue weighted by molar-refractivity contribution is -0.144. The van der Waals surface area contributed by atoms with Gasteiger partial charge in [-0.2, -0.15) is 0 Å². The second-order valence-corrected chi connectivity index (χ2v) is 7.97. The van der Waals surface area contributed by atoms with Gasteiger partial charge in [0.1, 0.15) is 5.76 Å². The van der Waals surface area contributed by atoms with E-state index < -0.39 is 5.92 Å². The van der Waals surface area contributed by atoms with Crippen LogP contribution in [0.15, 0.2) is 103 Å². The Morgan fingerprint density at radius 3 is 2.03 bits per heavy atom. The van der Waals surface area contributed by atoms with Gasteiger partial charge >= 0.3 is 5.97 Å². The van der Waals surface area contributed by atoms with Gasteiger partial charge in [-0.05, 0) is 16.7 Å². The van der Waals surface area contributed by atoms with E-state index in [0.717, 1.165) is 33.6 Å². The Labute approximate surface area is 182 Å². The van der Waals surface area contributed by atoms with E-state index >= 15 is 0 Å². The average molecular weight is 408 g/mol. The third-order valence-electron chi connectivity index (χ3n) is 6.29. The fourth-order valence-electron chi connectivity index (χ4n) is 4.90. The van der Waals surface area contributed by atoms with E-state index in [1.54, 1.807) is 0 Å². The van der Waals surface area contributed by atoms with Crippen molar-refractivity contribution >= 4 is 17.3 Å². The summed E-state index contributed by atoms with van der Waals surface area (Å²) >= 11 is 0. The van der Waals surface area contributed by atoms with Gasteiger partial charge in [0.2, 0.25) is 0 Å². The van der Waals surface area contributed by atoms with Gasteiger partial charge in [0.15, 0.2) is 0 Å². The van der Waals surface area contributed by atoms with Crippen molar-refractivity contribution in [2.45, 2.75) is 5.92 Å². The minimum absolute atomic E-state index is 0.0648. The second kappa shape index (κ2) is 8.27. The fraction of sp³-hybridized carbons (Fsp3) is 0.179. The minimum Gasteiger partial charge on any atom is -0.492 e. The van der Waals surface area contributed by atoms with E-state index in [9.17, 15) is 4.79 Å². The number of carbonyl (C=O) groups excluding carboxylic acids is 1. The van der Waals surface area contributed by atoms with Gasteiger partial charge in [-0.25, -0.2) is 0 Å². The molecule has 3 nitrogen and oxygen atoms in total. The number of carbonyl (C=O) groups is 1. The molecule has 0 fully saturated rings. The number of methoxy groups -OCH3 is 1. The fourth-order valence-corrected chi connectivity index (χ4v) is 4.90. The molecule has 3 aromatic rings. The molecule has 3 aromatic carbocycles. The van der Waals surface area contributed by atoms with Crippen LogP contribution in [0.3, 0.4) is 0 Å². The van der Waals surface area contributed by atoms with Crippen LogP contribution in [-0.4, -0.2) is 19.7 Å². The summed E-state index contributed by atoms with van der Waals surface area (Å²) in [5.41, 5.74) is 5.35. The van der Waals surface area contributed by atoms with Crippen LogP contribution < -0.4 is 0 Å². The van der Waals surface area contributed by atoms with E-state index in [0.29, 0.717) is 6.61 Å². The van der Waals surface area contributed by atoms with Crippen molar-refractivity contribution < 1.29 is 14.3 Å². The Morgan fingerprint density at radius 2 is 1.42 bits per heavy atom. The number of hydrogen-bond acceptors (Lipinski definition) is 3. The molecule has 0 spiro atoms. The third-order valence-corrected chi connectivity index (χ3v) is 6.29. The molecular weight excluding hydrogens is 384 g/mol. The number of allylic oxidation sites excluding steroid dienone is 1. The number of fused-ring (bicyclic) bond motifs is 1. The van der Waals surface area contributed by atoms with Crippen LogP contribution in [0.4, 0.5) is 0 Å². The highest BCUT2D eigenvalue weighted by Crippen LogP contribution is 2.52. The monoisotopic (exact) mass is 408 g/mol. The number of rotatable bonds is 4. The summed E-state index contributed by atoms with van der Waals surface area (Å²) in [6.07, 6.45) is 2.16. The summed E-state index contributed by atoms with van der Waals surface area (Å²) in [4.78, 5) is 13.2. The summed E-state index contributed by atoms with van der Waals surface area (Å²) in [6.45, 7) is 0.547. The number of esters is 1. The van der Waals surface area contributed by atoms with Crippen molar-refractivity contribution in [2.24, 2.45) is 11.8 Å². The average Bonchev–Trinajstić information content (AvgIpc) is 3.27. The molecule has 0 N–H and O–H groups in total. The molecule has 1 aliphatic carbocycles. The molecule has 1 heterocycles. The highest BCUT2D eigenvalue weighted by atomic mass is 16.5. The lowest BCUT2D eigenvalue weighted by Gasteiger charge is -2.36. The summed E-state index contributed by atoms with van der Waals surface area (Å²) in [6, 6.07) is 30.6. The number of benzene rings is 3. The first kappa shape index (κ1) is 19.4. The van der Waals surface area contributed by atoms with Crippen LogP contribution in [0.2, 0.25) is 0 Å². The summed E-state index contributed by atoms with van der Waals surface area (Å²) in [7, 11) is 1.47. The highest BCUT2D eigenvalue weighted by molar-refractivity contribution is 5.93. The van der Waals surface area contributed by atoms with Gasteiger partial charge in [-0.1, -0.05) is 97.1 Å². The van der Waals surface area contributed by atoms with Crippen LogP contribution in [0.25, 0.3) is 11.3 Å². The Bertz CT molecular complexity index is 1130. The normalized spacial score (nSPS) is 22.4. The first-order valence-electron chi connectivity index (χ1n) is 10.6. The minimum atomic E-state index is -0.401. The predicted molar refractivity (Wildman–Crippen MR) is 122 cm³/mol. The molecular formula is C28H24O3. The Balaban J connectivity index is 1.75. The largest absolute Gasteiger partial charge is 0.492 e. The van der Waals surface area contributed by atoms with Crippen LogP contribution in [-0.2, 0) is 14.3 Å². The van der Waals surface area contributed by atoms with Crippen LogP contribution in [0, 0.1) is 11.8 Å². The summed E-state index contributed by atoms with van der Waals surface area (Å²) in [5, 5.41) is 0. The molecule has 0 aromatic heterocycles. The molecule has 0 unspecified atom stereocenters. The molecule has 0 saturated carbocycles. The molecule has 5 rings (SSSR count). The Hall–Kier alpha value is -3.59. The maximum Gasteiger partial charge on any atom is 0.313 e. The van der Waals surface area contributed by atoms with E-state index in [1.807, 2.05) is 54.6 Å². The lowest BCUT2D eigenvalue weighted by Crippen LogP contribution is -2.34. The molecule has 0 bridgehead atoms. The molecule has 2 aliphatic rings. The zero-order valence-electron chi connectivity index (χ0n) is 17.4. The van der Waals surface area contributed by atoms with Crippen molar-refractivity contribution in [3.63, 3.8) is 0 Å². The second-order valence-electron chi connectivity index (χ2n) is 7.97. The third kappa shape index (κ3) is 3.46. The van der Waals surface area contributed by atoms with Crippen molar-refractivity contribution in [3.05, 3.63) is 119 Å². The van der Waals surface area contributed by atoms with Crippen LogP contribution in [0.5, 0.6) is 0 Å². The number of ether oxygens (including phenoxy) is 2. The van der Waals surface area contributed by atoms with Crippen molar-refractivity contribution in [1.29, 1.82) is 0 Å². The molecule has 0 amide bonds. The topological polar surface area (TPSA) is 35.5 Å². The number of hydrogen-bond donors (Lipinski definition) is 0. The lowest BCUT2D eigenvalue weighted by atomic mass is 9.66. The van der Waals surface area contributed by atoms with Gasteiger partial charge in [-0.3, -0.25) is 4.79 Å². The molecule has 3 heteroatoms. The zero-order valence-corrected chi connectivity index (χ0v) is 17.4. The van der Waals surface area contributed by atoms with Crippen LogP contribution >= 0.6 is 0 Å². The molecule has 1 aliphatic heterocycles. The first-order valence-corrected chi connectivity index (χ1v) is 10.6. The quantitative estimate of drug-likeness (QED) is 0.519. The van der Waals surface area contributed by atoms with Crippen molar-refractivity contribution in [1.82, 2.24) is 0 Å². The summed E-state index contributed by atoms with van der Waals surface area (Å²) in [5.74, 6) is 0.306. The highest BCUT2D eigenvalue weighted by Gasteiger charge is 2.46. The molecule has 0 radical (unpaired) electrons. The van der Waals surface area contributed by atoms with Crippen LogP contribution in [0.1, 0.15) is 22.6 Å². The van der Waals surface area contributed by atoms with Gasteiger partial charge < -0.3 is 9.47 Å². The Kier molecular flexibility index (Phi) is 5.17.